The Balaban J connectivity index is 2.23. The van der Waals surface area contributed by atoms with Gasteiger partial charge in [0.25, 0.3) is 0 Å². The summed E-state index contributed by atoms with van der Waals surface area (Å²) in [5.41, 5.74) is -0.222. The topological polar surface area (TPSA) is 18.5 Å². The minimum Gasteiger partial charge on any atom is -0.381 e. The first-order chi connectivity index (χ1) is 6.70. The number of halogens is 2. The fourth-order valence-corrected chi connectivity index (χ4v) is 2.11. The van der Waals surface area contributed by atoms with Gasteiger partial charge in [0.05, 0.1) is 18.1 Å². The fraction of sp³-hybridized carbons (Fsp3) is 1.00. The molecule has 0 N–H and O–H groups in total. The molecule has 1 aliphatic rings. The molecule has 1 atom stereocenters. The van der Waals surface area contributed by atoms with Crippen molar-refractivity contribution in [1.29, 1.82) is 0 Å². The Hall–Kier alpha value is 0.690. The van der Waals surface area contributed by atoms with E-state index in [0.29, 0.717) is 11.8 Å². The van der Waals surface area contributed by atoms with Gasteiger partial charge in [-0.15, -0.1) is 11.6 Å². The maximum absolute atomic E-state index is 5.85. The molecule has 2 nitrogen and oxygen atoms in total. The third kappa shape index (κ3) is 4.05. The minimum atomic E-state index is -0.222. The van der Waals surface area contributed by atoms with Gasteiger partial charge in [-0.2, -0.15) is 0 Å². The van der Waals surface area contributed by atoms with Crippen molar-refractivity contribution in [3.8, 4) is 0 Å². The van der Waals surface area contributed by atoms with Gasteiger partial charge in [-0.3, -0.25) is 0 Å². The Bertz CT molecular complexity index is 156. The van der Waals surface area contributed by atoms with Gasteiger partial charge in [0.2, 0.25) is 0 Å². The smallest absolute Gasteiger partial charge is 0.0885 e. The normalized spacial score (nSPS) is 23.4. The van der Waals surface area contributed by atoms with Crippen LogP contribution in [0.25, 0.3) is 0 Å². The van der Waals surface area contributed by atoms with Gasteiger partial charge in [-0.05, 0) is 25.7 Å². The molecule has 1 rings (SSSR count). The highest BCUT2D eigenvalue weighted by atomic mass is 79.9. The highest BCUT2D eigenvalue weighted by Crippen LogP contribution is 2.21. The van der Waals surface area contributed by atoms with Crippen molar-refractivity contribution in [1.82, 2.24) is 0 Å². The van der Waals surface area contributed by atoms with Gasteiger partial charge in [-0.1, -0.05) is 15.9 Å². The van der Waals surface area contributed by atoms with E-state index in [4.69, 9.17) is 21.1 Å². The quantitative estimate of drug-likeness (QED) is 0.723. The van der Waals surface area contributed by atoms with Crippen LogP contribution in [-0.4, -0.2) is 36.6 Å². The van der Waals surface area contributed by atoms with Crippen molar-refractivity contribution in [2.75, 3.05) is 31.0 Å². The molecule has 1 unspecified atom stereocenters. The number of ether oxygens (including phenoxy) is 2. The molecule has 0 aromatic heterocycles. The van der Waals surface area contributed by atoms with Crippen LogP contribution in [-0.2, 0) is 9.47 Å². The van der Waals surface area contributed by atoms with Crippen LogP contribution in [0, 0.1) is 5.92 Å². The van der Waals surface area contributed by atoms with E-state index in [1.165, 1.54) is 0 Å². The molecule has 0 saturated carbocycles. The molecule has 1 aliphatic heterocycles. The van der Waals surface area contributed by atoms with Gasteiger partial charge >= 0.3 is 0 Å². The third-order valence-electron chi connectivity index (χ3n) is 2.57. The zero-order valence-electron chi connectivity index (χ0n) is 8.60. The van der Waals surface area contributed by atoms with E-state index in [1.807, 2.05) is 6.92 Å². The van der Waals surface area contributed by atoms with Crippen LogP contribution in [0.1, 0.15) is 19.8 Å². The first-order valence-corrected chi connectivity index (χ1v) is 6.69. The monoisotopic (exact) mass is 284 g/mol. The van der Waals surface area contributed by atoms with Crippen molar-refractivity contribution in [3.05, 3.63) is 0 Å². The molecular weight excluding hydrogens is 267 g/mol. The highest BCUT2D eigenvalue weighted by molar-refractivity contribution is 9.09. The predicted octanol–water partition coefficient (Wildman–Crippen LogP) is 2.82. The van der Waals surface area contributed by atoms with E-state index in [-0.39, 0.29) is 5.60 Å². The summed E-state index contributed by atoms with van der Waals surface area (Å²) in [6.45, 7) is 4.59. The second-order valence-corrected chi connectivity index (χ2v) is 4.91. The number of hydrogen-bond donors (Lipinski definition) is 0. The summed E-state index contributed by atoms with van der Waals surface area (Å²) < 4.78 is 11.1. The molecule has 0 spiro atoms. The Morgan fingerprint density at radius 2 is 2.14 bits per heavy atom. The first kappa shape index (κ1) is 12.8. The summed E-state index contributed by atoms with van der Waals surface area (Å²) in [4.78, 5) is 0. The van der Waals surface area contributed by atoms with Crippen LogP contribution in [0.15, 0.2) is 0 Å². The van der Waals surface area contributed by atoms with E-state index in [2.05, 4.69) is 15.9 Å². The Morgan fingerprint density at radius 1 is 1.50 bits per heavy atom. The molecule has 14 heavy (non-hydrogen) atoms. The average Bonchev–Trinajstić information content (AvgIpc) is 2.27. The van der Waals surface area contributed by atoms with Gasteiger partial charge in [-0.25, -0.2) is 0 Å². The number of rotatable bonds is 5. The fourth-order valence-electron chi connectivity index (χ4n) is 1.34. The molecule has 4 heteroatoms. The van der Waals surface area contributed by atoms with Gasteiger partial charge in [0, 0.05) is 18.5 Å². The molecule has 0 bridgehead atoms. The zero-order chi connectivity index (χ0) is 10.4. The maximum atomic E-state index is 5.85. The zero-order valence-corrected chi connectivity index (χ0v) is 10.9. The Kier molecular flexibility index (Phi) is 5.75. The van der Waals surface area contributed by atoms with Gasteiger partial charge < -0.3 is 9.47 Å². The molecule has 1 saturated heterocycles. The molecule has 1 fully saturated rings. The van der Waals surface area contributed by atoms with Crippen LogP contribution in [0.2, 0.25) is 0 Å². The summed E-state index contributed by atoms with van der Waals surface area (Å²) in [5, 5.41) is 0.784. The van der Waals surface area contributed by atoms with Crippen LogP contribution in [0.5, 0.6) is 0 Å². The Labute approximate surface area is 99.4 Å². The van der Waals surface area contributed by atoms with Crippen LogP contribution >= 0.6 is 27.5 Å². The van der Waals surface area contributed by atoms with E-state index >= 15 is 0 Å². The first-order valence-electron chi connectivity index (χ1n) is 5.04. The summed E-state index contributed by atoms with van der Waals surface area (Å²) in [5.74, 6) is 1.17. The SMILES string of the molecule is CC(CCl)(CBr)OCC1CCOCC1. The van der Waals surface area contributed by atoms with Crippen molar-refractivity contribution >= 4 is 27.5 Å². The standard InChI is InChI=1S/C10H18BrClO2/c1-10(7-11,8-12)14-6-9-2-4-13-5-3-9/h9H,2-8H2,1H3. The molecule has 0 aromatic carbocycles. The van der Waals surface area contributed by atoms with E-state index in [9.17, 15) is 0 Å². The number of hydrogen-bond acceptors (Lipinski definition) is 2. The second kappa shape index (κ2) is 6.31. The van der Waals surface area contributed by atoms with Crippen molar-refractivity contribution in [3.63, 3.8) is 0 Å². The van der Waals surface area contributed by atoms with E-state index < -0.39 is 0 Å². The lowest BCUT2D eigenvalue weighted by molar-refractivity contribution is -0.0402. The van der Waals surface area contributed by atoms with Crippen LogP contribution in [0.3, 0.4) is 0 Å². The lowest BCUT2D eigenvalue weighted by Gasteiger charge is -2.29. The highest BCUT2D eigenvalue weighted by Gasteiger charge is 2.24. The molecule has 0 amide bonds. The molecule has 0 aromatic rings. The summed E-state index contributed by atoms with van der Waals surface area (Å²) in [7, 11) is 0. The third-order valence-corrected chi connectivity index (χ3v) is 4.33. The molecule has 84 valence electrons. The van der Waals surface area contributed by atoms with E-state index in [0.717, 1.165) is 38.0 Å². The molecule has 0 aliphatic carbocycles. The summed E-state index contributed by atoms with van der Waals surface area (Å²) in [6, 6.07) is 0. The summed E-state index contributed by atoms with van der Waals surface area (Å²) >= 11 is 9.27. The van der Waals surface area contributed by atoms with Gasteiger partial charge in [0.1, 0.15) is 0 Å². The largest absolute Gasteiger partial charge is 0.381 e. The average molecular weight is 286 g/mol. The summed E-state index contributed by atoms with van der Waals surface area (Å²) in [6.07, 6.45) is 2.22. The van der Waals surface area contributed by atoms with Crippen LogP contribution < -0.4 is 0 Å². The van der Waals surface area contributed by atoms with Crippen molar-refractivity contribution in [2.24, 2.45) is 5.92 Å². The van der Waals surface area contributed by atoms with Crippen molar-refractivity contribution < 1.29 is 9.47 Å². The minimum absolute atomic E-state index is 0.222. The lowest BCUT2D eigenvalue weighted by atomic mass is 10.0. The molecular formula is C10H18BrClO2. The molecule has 1 heterocycles. The Morgan fingerprint density at radius 3 is 2.64 bits per heavy atom. The second-order valence-electron chi connectivity index (χ2n) is 4.08. The maximum Gasteiger partial charge on any atom is 0.0885 e. The van der Waals surface area contributed by atoms with Crippen molar-refractivity contribution in [2.45, 2.75) is 25.4 Å². The lowest BCUT2D eigenvalue weighted by Crippen LogP contribution is -2.35. The molecule has 0 radical (unpaired) electrons. The number of alkyl halides is 2. The van der Waals surface area contributed by atoms with Gasteiger partial charge in [0.15, 0.2) is 0 Å². The predicted molar refractivity (Wildman–Crippen MR) is 62.4 cm³/mol. The van der Waals surface area contributed by atoms with E-state index in [1.54, 1.807) is 0 Å². The van der Waals surface area contributed by atoms with Crippen LogP contribution in [0.4, 0.5) is 0 Å².